The van der Waals surface area contributed by atoms with Crippen molar-refractivity contribution < 1.29 is 32.5 Å². The topological polar surface area (TPSA) is 95.1 Å². The van der Waals surface area contributed by atoms with E-state index in [1.807, 2.05) is 6.07 Å². The fourth-order valence-corrected chi connectivity index (χ4v) is 2.82. The van der Waals surface area contributed by atoms with Gasteiger partial charge < -0.3 is 14.6 Å². The van der Waals surface area contributed by atoms with Gasteiger partial charge in [-0.3, -0.25) is 4.79 Å². The number of hydrogen-bond acceptors (Lipinski definition) is 6. The van der Waals surface area contributed by atoms with Crippen molar-refractivity contribution in [2.24, 2.45) is 5.10 Å². The molecule has 1 atom stereocenters. The first-order chi connectivity index (χ1) is 14.2. The number of nitriles is 1. The third-order valence-electron chi connectivity index (χ3n) is 4.42. The number of rotatable bonds is 5. The Kier molecular flexibility index (Phi) is 5.67. The number of carbonyl (C=O) groups is 1. The number of methoxy groups -OCH3 is 1. The van der Waals surface area contributed by atoms with E-state index in [-0.39, 0.29) is 22.0 Å². The van der Waals surface area contributed by atoms with Gasteiger partial charge >= 0.3 is 6.18 Å². The number of carbonyl (C=O) groups excluding carboxylic acids is 1. The van der Waals surface area contributed by atoms with Crippen molar-refractivity contribution in [3.63, 3.8) is 0 Å². The van der Waals surface area contributed by atoms with E-state index >= 15 is 0 Å². The minimum Gasteiger partial charge on any atom is -0.497 e. The van der Waals surface area contributed by atoms with Crippen LogP contribution in [0.1, 0.15) is 17.5 Å². The van der Waals surface area contributed by atoms with Crippen LogP contribution in [0, 0.1) is 11.3 Å². The highest BCUT2D eigenvalue weighted by Crippen LogP contribution is 2.41. The summed E-state index contributed by atoms with van der Waals surface area (Å²) in [6.07, 6.45) is -6.09. The van der Waals surface area contributed by atoms with Gasteiger partial charge in [-0.15, -0.1) is 0 Å². The zero-order valence-electron chi connectivity index (χ0n) is 15.7. The van der Waals surface area contributed by atoms with E-state index in [9.17, 15) is 23.1 Å². The first kappa shape index (κ1) is 21.1. The summed E-state index contributed by atoms with van der Waals surface area (Å²) in [7, 11) is 1.40. The second-order valence-corrected chi connectivity index (χ2v) is 6.40. The van der Waals surface area contributed by atoms with Crippen LogP contribution in [0.25, 0.3) is 0 Å². The molecule has 1 aliphatic rings. The van der Waals surface area contributed by atoms with Gasteiger partial charge in [-0.2, -0.15) is 28.5 Å². The Hall–Kier alpha value is -3.58. The summed E-state index contributed by atoms with van der Waals surface area (Å²) in [5.74, 6) is -0.620. The van der Waals surface area contributed by atoms with Gasteiger partial charge in [-0.1, -0.05) is 12.1 Å². The number of ether oxygens (including phenoxy) is 2. The van der Waals surface area contributed by atoms with Crippen molar-refractivity contribution in [1.29, 1.82) is 5.26 Å². The molecule has 2 aromatic rings. The van der Waals surface area contributed by atoms with Crippen LogP contribution >= 0.6 is 0 Å². The van der Waals surface area contributed by atoms with E-state index in [0.717, 1.165) is 0 Å². The molecule has 156 valence electrons. The molecule has 10 heteroatoms. The molecular weight excluding hydrogens is 403 g/mol. The third-order valence-corrected chi connectivity index (χ3v) is 4.42. The Labute approximate surface area is 169 Å². The van der Waals surface area contributed by atoms with Crippen molar-refractivity contribution >= 4 is 11.6 Å². The highest BCUT2D eigenvalue weighted by molar-refractivity contribution is 6.03. The Morgan fingerprint density at radius 3 is 2.57 bits per heavy atom. The normalized spacial score (nSPS) is 18.5. The minimum absolute atomic E-state index is 0.00541. The molecule has 0 saturated carbocycles. The summed E-state index contributed by atoms with van der Waals surface area (Å²) < 4.78 is 51.1. The largest absolute Gasteiger partial charge is 0.497 e. The van der Waals surface area contributed by atoms with Crippen molar-refractivity contribution in [3.05, 3.63) is 59.7 Å². The second kappa shape index (κ2) is 8.04. The molecule has 0 fully saturated rings. The van der Waals surface area contributed by atoms with Gasteiger partial charge in [0.1, 0.15) is 11.5 Å². The lowest BCUT2D eigenvalue weighted by atomic mass is 10.0. The molecule has 3 rings (SSSR count). The Morgan fingerprint density at radius 1 is 1.27 bits per heavy atom. The number of aliphatic hydroxyl groups is 1. The van der Waals surface area contributed by atoms with Gasteiger partial charge in [0.2, 0.25) is 0 Å². The van der Waals surface area contributed by atoms with Crippen molar-refractivity contribution in [1.82, 2.24) is 5.01 Å². The van der Waals surface area contributed by atoms with Gasteiger partial charge in [0, 0.05) is 5.56 Å². The van der Waals surface area contributed by atoms with Crippen molar-refractivity contribution in [3.8, 4) is 17.6 Å². The molecule has 1 aliphatic heterocycles. The molecule has 2 aromatic carbocycles. The quantitative estimate of drug-likeness (QED) is 0.804. The molecule has 0 radical (unpaired) electrons. The van der Waals surface area contributed by atoms with Crippen LogP contribution in [-0.4, -0.2) is 47.4 Å². The standard InChI is InChI=1S/C20H16F3N3O4/c1-29-16-4-2-3-14(9-16)17-10-19(28,20(21,22)23)26(25-17)18(27)12-30-15-7-5-13(11-24)6-8-15/h2-9,28H,10,12H2,1H3/t19-/m0/s1. The van der Waals surface area contributed by atoms with Crippen LogP contribution in [0.15, 0.2) is 53.6 Å². The molecule has 0 aliphatic carbocycles. The van der Waals surface area contributed by atoms with E-state index in [0.29, 0.717) is 11.3 Å². The zero-order chi connectivity index (χ0) is 21.9. The first-order valence-electron chi connectivity index (χ1n) is 8.65. The SMILES string of the molecule is COc1cccc(C2=NN(C(=O)COc3ccc(C#N)cc3)[C@@](O)(C(F)(F)F)C2)c1. The molecule has 7 nitrogen and oxygen atoms in total. The molecule has 0 saturated heterocycles. The summed E-state index contributed by atoms with van der Waals surface area (Å²) in [4.78, 5) is 12.5. The molecule has 1 heterocycles. The van der Waals surface area contributed by atoms with Crippen LogP contribution in [0.3, 0.4) is 0 Å². The molecule has 1 amide bonds. The third kappa shape index (κ3) is 4.06. The van der Waals surface area contributed by atoms with E-state index in [4.69, 9.17) is 14.7 Å². The van der Waals surface area contributed by atoms with Crippen LogP contribution in [0.5, 0.6) is 11.5 Å². The summed E-state index contributed by atoms with van der Waals surface area (Å²) >= 11 is 0. The monoisotopic (exact) mass is 419 g/mol. The number of hydrogen-bond donors (Lipinski definition) is 1. The lowest BCUT2D eigenvalue weighted by molar-refractivity contribution is -0.302. The summed E-state index contributed by atoms with van der Waals surface area (Å²) in [6.45, 7) is -0.792. The fourth-order valence-electron chi connectivity index (χ4n) is 2.82. The van der Waals surface area contributed by atoms with E-state index in [2.05, 4.69) is 5.10 Å². The molecular formula is C20H16F3N3O4. The number of nitrogens with zero attached hydrogens (tertiary/aromatic N) is 3. The van der Waals surface area contributed by atoms with Crippen LogP contribution in [0.2, 0.25) is 0 Å². The van der Waals surface area contributed by atoms with E-state index in [1.165, 1.54) is 43.5 Å². The molecule has 30 heavy (non-hydrogen) atoms. The Bertz CT molecular complexity index is 1020. The number of hydrazone groups is 1. The van der Waals surface area contributed by atoms with Gasteiger partial charge in [-0.05, 0) is 36.4 Å². The lowest BCUT2D eigenvalue weighted by Crippen LogP contribution is -2.57. The average molecular weight is 419 g/mol. The van der Waals surface area contributed by atoms with Gasteiger partial charge in [0.25, 0.3) is 11.6 Å². The van der Waals surface area contributed by atoms with Crippen LogP contribution in [0.4, 0.5) is 13.2 Å². The maximum absolute atomic E-state index is 13.6. The number of halogens is 3. The molecule has 1 N–H and O–H groups in total. The van der Waals surface area contributed by atoms with Crippen molar-refractivity contribution in [2.75, 3.05) is 13.7 Å². The summed E-state index contributed by atoms with van der Waals surface area (Å²) in [6, 6.07) is 13.7. The Morgan fingerprint density at radius 2 is 1.97 bits per heavy atom. The number of benzene rings is 2. The summed E-state index contributed by atoms with van der Waals surface area (Å²) in [5, 5.41) is 22.8. The highest BCUT2D eigenvalue weighted by atomic mass is 19.4. The predicted octanol–water partition coefficient (Wildman–Crippen LogP) is 2.83. The second-order valence-electron chi connectivity index (χ2n) is 6.40. The molecule has 0 bridgehead atoms. The summed E-state index contributed by atoms with van der Waals surface area (Å²) in [5.41, 5.74) is -3.00. The minimum atomic E-state index is -5.15. The highest BCUT2D eigenvalue weighted by Gasteiger charge is 2.63. The predicted molar refractivity (Wildman–Crippen MR) is 98.7 cm³/mol. The van der Waals surface area contributed by atoms with E-state index in [1.54, 1.807) is 12.1 Å². The lowest BCUT2D eigenvalue weighted by Gasteiger charge is -2.32. The van der Waals surface area contributed by atoms with E-state index < -0.39 is 30.8 Å². The van der Waals surface area contributed by atoms with Gasteiger partial charge in [0.15, 0.2) is 6.61 Å². The maximum Gasteiger partial charge on any atom is 0.438 e. The first-order valence-corrected chi connectivity index (χ1v) is 8.65. The average Bonchev–Trinajstić information content (AvgIpc) is 3.11. The van der Waals surface area contributed by atoms with Gasteiger partial charge in [-0.25, -0.2) is 0 Å². The molecule has 0 unspecified atom stereocenters. The smallest absolute Gasteiger partial charge is 0.438 e. The van der Waals surface area contributed by atoms with Crippen molar-refractivity contribution in [2.45, 2.75) is 18.3 Å². The number of alkyl halides is 3. The number of amides is 1. The van der Waals surface area contributed by atoms with Gasteiger partial charge in [0.05, 0.1) is 30.9 Å². The Balaban J connectivity index is 1.84. The zero-order valence-corrected chi connectivity index (χ0v) is 15.7. The molecule has 0 spiro atoms. The van der Waals surface area contributed by atoms with Crippen LogP contribution < -0.4 is 9.47 Å². The molecule has 0 aromatic heterocycles. The maximum atomic E-state index is 13.6. The fraction of sp³-hybridized carbons (Fsp3) is 0.250. The van der Waals surface area contributed by atoms with Crippen LogP contribution in [-0.2, 0) is 4.79 Å².